The Labute approximate surface area is 155 Å². The van der Waals surface area contributed by atoms with Gasteiger partial charge in [-0.15, -0.1) is 11.3 Å². The van der Waals surface area contributed by atoms with Crippen molar-refractivity contribution in [2.75, 3.05) is 18.4 Å². The molecule has 0 unspecified atom stereocenters. The summed E-state index contributed by atoms with van der Waals surface area (Å²) >= 11 is 1.21. The molecule has 134 valence electrons. The number of nitrogens with zero attached hydrogens (tertiary/aromatic N) is 1. The molecule has 5 N–H and O–H groups in total. The smallest absolute Gasteiger partial charge is 0.316 e. The van der Waals surface area contributed by atoms with E-state index in [9.17, 15) is 9.59 Å². The maximum Gasteiger partial charge on any atom is 0.316 e. The summed E-state index contributed by atoms with van der Waals surface area (Å²) in [5.41, 5.74) is 6.22. The largest absolute Gasteiger partial charge is 0.351 e. The van der Waals surface area contributed by atoms with Crippen LogP contribution in [0.2, 0.25) is 0 Å². The molecule has 0 aliphatic carbocycles. The highest BCUT2D eigenvalue weighted by molar-refractivity contribution is 7.15. The number of carbonyl (C=O) groups is 2. The molecule has 0 saturated carbocycles. The summed E-state index contributed by atoms with van der Waals surface area (Å²) in [4.78, 5) is 29.0. The Balaban J connectivity index is 1.81. The normalized spacial score (nSPS) is 16.2. The number of hydrogen-bond acceptors (Lipinski definition) is 5. The summed E-state index contributed by atoms with van der Waals surface area (Å²) in [7, 11) is 0. The van der Waals surface area contributed by atoms with Gasteiger partial charge in [0.1, 0.15) is 10.6 Å². The summed E-state index contributed by atoms with van der Waals surface area (Å²) in [6.07, 6.45) is 3.60. The lowest BCUT2D eigenvalue weighted by Gasteiger charge is -2.23. The van der Waals surface area contributed by atoms with Crippen molar-refractivity contribution in [3.8, 4) is 11.8 Å². The molecule has 1 saturated heterocycles. The van der Waals surface area contributed by atoms with E-state index in [1.165, 1.54) is 11.3 Å². The molecule has 0 aromatic carbocycles. The molecule has 0 bridgehead atoms. The number of amides is 3. The van der Waals surface area contributed by atoms with Crippen molar-refractivity contribution in [1.29, 1.82) is 0 Å². The summed E-state index contributed by atoms with van der Waals surface area (Å²) in [6.45, 7) is 1.70. The van der Waals surface area contributed by atoms with Crippen molar-refractivity contribution < 1.29 is 9.59 Å². The highest BCUT2D eigenvalue weighted by Gasteiger charge is 2.21. The lowest BCUT2D eigenvalue weighted by Crippen LogP contribution is -2.45. The minimum Gasteiger partial charge on any atom is -0.351 e. The zero-order valence-corrected chi connectivity index (χ0v) is 14.9. The van der Waals surface area contributed by atoms with E-state index in [1.807, 2.05) is 12.1 Å². The second kappa shape index (κ2) is 8.47. The molecule has 8 heteroatoms. The number of aromatic nitrogens is 1. The first-order valence-electron chi connectivity index (χ1n) is 8.27. The van der Waals surface area contributed by atoms with Gasteiger partial charge in [0.05, 0.1) is 10.6 Å². The highest BCUT2D eigenvalue weighted by Crippen LogP contribution is 2.27. The number of nitrogens with one attached hydrogen (secondary N) is 3. The molecule has 3 rings (SSSR count). The van der Waals surface area contributed by atoms with Crippen molar-refractivity contribution in [2.45, 2.75) is 18.9 Å². The third-order valence-electron chi connectivity index (χ3n) is 3.81. The molecule has 3 heterocycles. The first-order chi connectivity index (χ1) is 12.6. The van der Waals surface area contributed by atoms with Gasteiger partial charge < -0.3 is 21.7 Å². The van der Waals surface area contributed by atoms with Gasteiger partial charge in [-0.3, -0.25) is 4.79 Å². The Morgan fingerprint density at radius 1 is 1.35 bits per heavy atom. The van der Waals surface area contributed by atoms with Crippen molar-refractivity contribution in [1.82, 2.24) is 15.6 Å². The number of nitrogens with two attached hydrogens (primary N) is 1. The van der Waals surface area contributed by atoms with E-state index in [0.717, 1.165) is 25.9 Å². The Morgan fingerprint density at radius 3 is 2.92 bits per heavy atom. The van der Waals surface area contributed by atoms with E-state index in [4.69, 9.17) is 5.73 Å². The van der Waals surface area contributed by atoms with Crippen LogP contribution in [0.5, 0.6) is 0 Å². The number of carbonyl (C=O) groups excluding carboxylic acids is 2. The van der Waals surface area contributed by atoms with Gasteiger partial charge in [0, 0.05) is 18.8 Å². The fourth-order valence-corrected chi connectivity index (χ4v) is 3.51. The number of primary amides is 1. The summed E-state index contributed by atoms with van der Waals surface area (Å²) in [5.74, 6) is 5.68. The summed E-state index contributed by atoms with van der Waals surface area (Å²) in [5, 5.41) is 8.74. The molecule has 2 aromatic heterocycles. The zero-order chi connectivity index (χ0) is 18.4. The molecule has 1 fully saturated rings. The van der Waals surface area contributed by atoms with Gasteiger partial charge in [-0.05, 0) is 49.4 Å². The van der Waals surface area contributed by atoms with Gasteiger partial charge in [0.15, 0.2) is 0 Å². The van der Waals surface area contributed by atoms with Crippen LogP contribution < -0.4 is 21.7 Å². The van der Waals surface area contributed by atoms with Gasteiger partial charge >= 0.3 is 6.03 Å². The number of pyridine rings is 1. The van der Waals surface area contributed by atoms with E-state index < -0.39 is 6.03 Å². The average molecular weight is 369 g/mol. The maximum absolute atomic E-state index is 12.6. The van der Waals surface area contributed by atoms with E-state index in [1.54, 1.807) is 18.3 Å². The maximum atomic E-state index is 12.6. The van der Waals surface area contributed by atoms with Crippen LogP contribution in [-0.2, 0) is 0 Å². The molecule has 1 aliphatic heterocycles. The molecule has 1 atom stereocenters. The minimum atomic E-state index is -0.722. The van der Waals surface area contributed by atoms with Crippen LogP contribution in [0.3, 0.4) is 0 Å². The number of rotatable bonds is 3. The number of piperidine rings is 1. The van der Waals surface area contributed by atoms with Gasteiger partial charge in [-0.1, -0.05) is 6.07 Å². The van der Waals surface area contributed by atoms with Crippen molar-refractivity contribution in [3.05, 3.63) is 45.9 Å². The highest BCUT2D eigenvalue weighted by atomic mass is 32.1. The second-order valence-corrected chi connectivity index (χ2v) is 6.88. The van der Waals surface area contributed by atoms with Crippen LogP contribution >= 0.6 is 11.3 Å². The monoisotopic (exact) mass is 369 g/mol. The van der Waals surface area contributed by atoms with Gasteiger partial charge in [-0.25, -0.2) is 9.78 Å². The minimum absolute atomic E-state index is 0.0721. The van der Waals surface area contributed by atoms with Crippen LogP contribution in [0, 0.1) is 11.8 Å². The quantitative estimate of drug-likeness (QED) is 0.615. The molecule has 0 spiro atoms. The number of hydrogen-bond donors (Lipinski definition) is 4. The topological polar surface area (TPSA) is 109 Å². The first kappa shape index (κ1) is 17.9. The molecular weight excluding hydrogens is 350 g/mol. The van der Waals surface area contributed by atoms with E-state index in [2.05, 4.69) is 32.8 Å². The van der Waals surface area contributed by atoms with E-state index in [-0.39, 0.29) is 11.9 Å². The van der Waals surface area contributed by atoms with E-state index >= 15 is 0 Å². The summed E-state index contributed by atoms with van der Waals surface area (Å²) in [6, 6.07) is 6.46. The van der Waals surface area contributed by atoms with Crippen molar-refractivity contribution in [2.24, 2.45) is 5.73 Å². The third-order valence-corrected chi connectivity index (χ3v) is 4.86. The van der Waals surface area contributed by atoms with Crippen LogP contribution in [0.15, 0.2) is 30.5 Å². The van der Waals surface area contributed by atoms with Crippen LogP contribution in [-0.4, -0.2) is 36.1 Å². The van der Waals surface area contributed by atoms with Gasteiger partial charge in [0.25, 0.3) is 5.91 Å². The number of anilines is 1. The predicted molar refractivity (Wildman–Crippen MR) is 101 cm³/mol. The third kappa shape index (κ3) is 4.81. The van der Waals surface area contributed by atoms with Crippen LogP contribution in [0.4, 0.5) is 10.5 Å². The Hall–Kier alpha value is -2.89. The van der Waals surface area contributed by atoms with Crippen LogP contribution in [0.1, 0.15) is 33.1 Å². The molecule has 26 heavy (non-hydrogen) atoms. The first-order valence-corrected chi connectivity index (χ1v) is 9.08. The van der Waals surface area contributed by atoms with Gasteiger partial charge in [-0.2, -0.15) is 0 Å². The average Bonchev–Trinajstić information content (AvgIpc) is 3.04. The zero-order valence-electron chi connectivity index (χ0n) is 14.0. The predicted octanol–water partition coefficient (Wildman–Crippen LogP) is 1.52. The van der Waals surface area contributed by atoms with Crippen molar-refractivity contribution >= 4 is 29.0 Å². The van der Waals surface area contributed by atoms with Crippen LogP contribution in [0.25, 0.3) is 0 Å². The summed E-state index contributed by atoms with van der Waals surface area (Å²) < 4.78 is 0. The Kier molecular flexibility index (Phi) is 5.84. The fourth-order valence-electron chi connectivity index (χ4n) is 2.64. The second-order valence-electron chi connectivity index (χ2n) is 5.82. The lowest BCUT2D eigenvalue weighted by molar-refractivity contribution is 0.0935. The fraction of sp³-hybridized carbons (Fsp3) is 0.278. The Morgan fingerprint density at radius 2 is 2.23 bits per heavy atom. The molecule has 0 radical (unpaired) electrons. The molecule has 7 nitrogen and oxygen atoms in total. The molecule has 3 amide bonds. The standard InChI is InChI=1S/C18H19N5O2S/c19-18(25)23-15-10-14(7-6-12-4-1-2-9-21-12)26-16(15)17(24)22-13-5-3-8-20-11-13/h1-2,4,9-10,13,20H,3,5,8,11H2,(H,22,24)(H3,19,23,25)/t13-/m0/s1. The molecule has 1 aliphatic rings. The van der Waals surface area contributed by atoms with E-state index in [0.29, 0.717) is 21.1 Å². The molecule has 2 aromatic rings. The Bertz CT molecular complexity index is 847. The molecular formula is C18H19N5O2S. The lowest BCUT2D eigenvalue weighted by atomic mass is 10.1. The number of urea groups is 1. The SMILES string of the molecule is NC(=O)Nc1cc(C#Cc2ccccn2)sc1C(=O)N[C@H]1CCCNC1. The number of thiophene rings is 1. The van der Waals surface area contributed by atoms with Crippen molar-refractivity contribution in [3.63, 3.8) is 0 Å². The van der Waals surface area contributed by atoms with Gasteiger partial charge in [0.2, 0.25) is 0 Å².